The summed E-state index contributed by atoms with van der Waals surface area (Å²) < 4.78 is 6.88. The monoisotopic (exact) mass is 274 g/mol. The van der Waals surface area contributed by atoms with Crippen molar-refractivity contribution < 1.29 is 9.53 Å². The summed E-state index contributed by atoms with van der Waals surface area (Å²) in [4.78, 5) is 12.2. The van der Waals surface area contributed by atoms with Crippen LogP contribution in [0.25, 0.3) is 0 Å². The van der Waals surface area contributed by atoms with E-state index in [2.05, 4.69) is 10.4 Å². The Hall–Kier alpha value is -2.34. The van der Waals surface area contributed by atoms with Crippen LogP contribution in [0.5, 0.6) is 5.75 Å². The summed E-state index contributed by atoms with van der Waals surface area (Å²) in [5, 5.41) is 6.98. The maximum Gasteiger partial charge on any atom is 0.259 e. The van der Waals surface area contributed by atoms with Gasteiger partial charge in [0.25, 0.3) is 5.91 Å². The average molecular weight is 274 g/mol. The number of rotatable bonds is 4. The Labute approximate surface area is 117 Å². The molecule has 106 valence electrons. The van der Waals surface area contributed by atoms with Gasteiger partial charge in [-0.3, -0.25) is 9.48 Å². The Morgan fingerprint density at radius 1 is 1.50 bits per heavy atom. The smallest absolute Gasteiger partial charge is 0.259 e. The largest absolute Gasteiger partial charge is 0.495 e. The second-order valence-electron chi connectivity index (χ2n) is 4.49. The normalized spacial score (nSPS) is 10.4. The summed E-state index contributed by atoms with van der Waals surface area (Å²) in [6.45, 7) is 2.22. The lowest BCUT2D eigenvalue weighted by Gasteiger charge is -2.11. The van der Waals surface area contributed by atoms with Crippen LogP contribution in [0.3, 0.4) is 0 Å². The molecule has 6 nitrogen and oxygen atoms in total. The maximum absolute atomic E-state index is 12.2. The summed E-state index contributed by atoms with van der Waals surface area (Å²) in [6, 6.07) is 5.45. The van der Waals surface area contributed by atoms with Crippen LogP contribution in [0.2, 0.25) is 0 Å². The fourth-order valence-corrected chi connectivity index (χ4v) is 1.98. The minimum atomic E-state index is -0.214. The van der Waals surface area contributed by atoms with Gasteiger partial charge in [-0.1, -0.05) is 6.07 Å². The molecule has 0 aliphatic carbocycles. The van der Waals surface area contributed by atoms with E-state index >= 15 is 0 Å². The number of amides is 1. The quantitative estimate of drug-likeness (QED) is 0.884. The van der Waals surface area contributed by atoms with Crippen molar-refractivity contribution in [2.24, 2.45) is 12.8 Å². The van der Waals surface area contributed by atoms with Crippen molar-refractivity contribution in [2.45, 2.75) is 13.5 Å². The van der Waals surface area contributed by atoms with Crippen LogP contribution in [0, 0.1) is 6.92 Å². The van der Waals surface area contributed by atoms with Gasteiger partial charge in [0.1, 0.15) is 5.75 Å². The second-order valence-corrected chi connectivity index (χ2v) is 4.49. The van der Waals surface area contributed by atoms with Crippen molar-refractivity contribution in [2.75, 3.05) is 12.4 Å². The molecule has 2 aromatic rings. The number of hydrogen-bond acceptors (Lipinski definition) is 4. The predicted molar refractivity (Wildman–Crippen MR) is 76.8 cm³/mol. The lowest BCUT2D eigenvalue weighted by Crippen LogP contribution is -2.13. The molecule has 20 heavy (non-hydrogen) atoms. The molecule has 1 aromatic heterocycles. The third-order valence-electron chi connectivity index (χ3n) is 3.01. The number of methoxy groups -OCH3 is 1. The lowest BCUT2D eigenvalue weighted by atomic mass is 10.1. The zero-order valence-electron chi connectivity index (χ0n) is 11.8. The number of carbonyl (C=O) groups is 1. The van der Waals surface area contributed by atoms with Gasteiger partial charge in [-0.2, -0.15) is 5.10 Å². The second kappa shape index (κ2) is 5.75. The van der Waals surface area contributed by atoms with Crippen LogP contribution in [0.4, 0.5) is 5.69 Å². The Kier molecular flexibility index (Phi) is 4.05. The molecule has 1 heterocycles. The molecule has 0 radical (unpaired) electrons. The summed E-state index contributed by atoms with van der Waals surface area (Å²) in [5.41, 5.74) is 8.36. The number of anilines is 1. The van der Waals surface area contributed by atoms with Crippen LogP contribution in [-0.4, -0.2) is 22.8 Å². The topological polar surface area (TPSA) is 82.2 Å². The molecule has 0 fully saturated rings. The van der Waals surface area contributed by atoms with Crippen molar-refractivity contribution >= 4 is 11.6 Å². The first kappa shape index (κ1) is 14.1. The molecular weight excluding hydrogens is 256 g/mol. The van der Waals surface area contributed by atoms with E-state index in [1.54, 1.807) is 38.0 Å². The SMILES string of the molecule is COc1cc(CN)ccc1NC(=O)c1cn(C)nc1C. The van der Waals surface area contributed by atoms with Crippen molar-refractivity contribution in [3.63, 3.8) is 0 Å². The fraction of sp³-hybridized carbons (Fsp3) is 0.286. The van der Waals surface area contributed by atoms with Crippen LogP contribution in [0.1, 0.15) is 21.6 Å². The van der Waals surface area contributed by atoms with Crippen molar-refractivity contribution in [1.29, 1.82) is 0 Å². The predicted octanol–water partition coefficient (Wildman–Crippen LogP) is 1.45. The van der Waals surface area contributed by atoms with Crippen molar-refractivity contribution in [3.8, 4) is 5.75 Å². The van der Waals surface area contributed by atoms with Gasteiger partial charge in [0, 0.05) is 19.8 Å². The van der Waals surface area contributed by atoms with Gasteiger partial charge < -0.3 is 15.8 Å². The molecule has 2 rings (SSSR count). The highest BCUT2D eigenvalue weighted by molar-refractivity contribution is 6.05. The number of benzene rings is 1. The molecule has 0 saturated heterocycles. The fourth-order valence-electron chi connectivity index (χ4n) is 1.98. The number of ether oxygens (including phenoxy) is 1. The molecule has 1 aromatic carbocycles. The molecule has 0 aliphatic heterocycles. The van der Waals surface area contributed by atoms with Crippen LogP contribution in [0.15, 0.2) is 24.4 Å². The lowest BCUT2D eigenvalue weighted by molar-refractivity contribution is 0.102. The number of aryl methyl sites for hydroxylation is 2. The van der Waals surface area contributed by atoms with Crippen LogP contribution < -0.4 is 15.8 Å². The standard InChI is InChI=1S/C14H18N4O2/c1-9-11(8-18(2)17-9)14(19)16-12-5-4-10(7-15)6-13(12)20-3/h4-6,8H,7,15H2,1-3H3,(H,16,19). The zero-order chi connectivity index (χ0) is 14.7. The zero-order valence-corrected chi connectivity index (χ0v) is 11.8. The number of carbonyl (C=O) groups excluding carboxylic acids is 1. The van der Waals surface area contributed by atoms with E-state index < -0.39 is 0 Å². The van der Waals surface area contributed by atoms with Gasteiger partial charge in [-0.05, 0) is 24.6 Å². The van der Waals surface area contributed by atoms with Crippen molar-refractivity contribution in [1.82, 2.24) is 9.78 Å². The molecule has 0 atom stereocenters. The number of nitrogens with two attached hydrogens (primary N) is 1. The van der Waals surface area contributed by atoms with Gasteiger partial charge in [0.05, 0.1) is 24.1 Å². The number of hydrogen-bond donors (Lipinski definition) is 2. The summed E-state index contributed by atoms with van der Waals surface area (Å²) >= 11 is 0. The first-order chi connectivity index (χ1) is 9.55. The average Bonchev–Trinajstić information content (AvgIpc) is 2.78. The minimum Gasteiger partial charge on any atom is -0.495 e. The van der Waals surface area contributed by atoms with E-state index in [4.69, 9.17) is 10.5 Å². The van der Waals surface area contributed by atoms with E-state index in [9.17, 15) is 4.79 Å². The van der Waals surface area contributed by atoms with Gasteiger partial charge in [-0.15, -0.1) is 0 Å². The number of aromatic nitrogens is 2. The molecule has 0 saturated carbocycles. The molecule has 6 heteroatoms. The summed E-state index contributed by atoms with van der Waals surface area (Å²) in [5.74, 6) is 0.372. The highest BCUT2D eigenvalue weighted by atomic mass is 16.5. The first-order valence-electron chi connectivity index (χ1n) is 6.23. The molecule has 0 unspecified atom stereocenters. The van der Waals surface area contributed by atoms with Gasteiger partial charge in [0.2, 0.25) is 0 Å². The van der Waals surface area contributed by atoms with Crippen LogP contribution >= 0.6 is 0 Å². The van der Waals surface area contributed by atoms with E-state index in [0.29, 0.717) is 29.2 Å². The molecular formula is C14H18N4O2. The Bertz CT molecular complexity index is 634. The van der Waals surface area contributed by atoms with Gasteiger partial charge in [-0.25, -0.2) is 0 Å². The van der Waals surface area contributed by atoms with E-state index in [1.807, 2.05) is 12.1 Å². The minimum absolute atomic E-state index is 0.214. The molecule has 0 spiro atoms. The highest BCUT2D eigenvalue weighted by Gasteiger charge is 2.14. The Balaban J connectivity index is 2.25. The van der Waals surface area contributed by atoms with Crippen LogP contribution in [-0.2, 0) is 13.6 Å². The Morgan fingerprint density at radius 3 is 2.80 bits per heavy atom. The van der Waals surface area contributed by atoms with Crippen molar-refractivity contribution in [3.05, 3.63) is 41.2 Å². The number of nitrogens with one attached hydrogen (secondary N) is 1. The first-order valence-corrected chi connectivity index (χ1v) is 6.23. The maximum atomic E-state index is 12.2. The Morgan fingerprint density at radius 2 is 2.25 bits per heavy atom. The molecule has 3 N–H and O–H groups in total. The van der Waals surface area contributed by atoms with Gasteiger partial charge >= 0.3 is 0 Å². The third-order valence-corrected chi connectivity index (χ3v) is 3.01. The van der Waals surface area contributed by atoms with E-state index in [1.165, 1.54) is 0 Å². The highest BCUT2D eigenvalue weighted by Crippen LogP contribution is 2.26. The number of nitrogens with zero attached hydrogens (tertiary/aromatic N) is 2. The summed E-state index contributed by atoms with van der Waals surface area (Å²) in [7, 11) is 3.33. The van der Waals surface area contributed by atoms with Gasteiger partial charge in [0.15, 0.2) is 0 Å². The van der Waals surface area contributed by atoms with E-state index in [0.717, 1.165) is 5.56 Å². The third kappa shape index (κ3) is 2.80. The molecule has 0 aliphatic rings. The molecule has 0 bridgehead atoms. The molecule has 1 amide bonds. The summed E-state index contributed by atoms with van der Waals surface area (Å²) in [6.07, 6.45) is 1.69. The van der Waals surface area contributed by atoms with E-state index in [-0.39, 0.29) is 5.91 Å².